The lowest BCUT2D eigenvalue weighted by molar-refractivity contribution is -0.130. The Balaban J connectivity index is 1.55. The normalized spacial score (nSPS) is 23.9. The Morgan fingerprint density at radius 3 is 1.39 bits per heavy atom. The zero-order valence-electron chi connectivity index (χ0n) is 26.8. The molecule has 1 saturated heterocycles. The first-order valence-corrected chi connectivity index (χ1v) is 16.0. The van der Waals surface area contributed by atoms with E-state index in [0.717, 1.165) is 16.0 Å². The first-order chi connectivity index (χ1) is 23.9. The van der Waals surface area contributed by atoms with E-state index < -0.39 is 34.5 Å². The molecule has 2 amide bonds. The largest absolute Gasteiger partial charge is 0.497 e. The van der Waals surface area contributed by atoms with Gasteiger partial charge in [-0.3, -0.25) is 14.4 Å². The van der Waals surface area contributed by atoms with Gasteiger partial charge in [0.2, 0.25) is 11.8 Å². The Kier molecular flexibility index (Phi) is 6.86. The number of para-hydroxylation sites is 1. The molecule has 5 aromatic carbocycles. The zero-order chi connectivity index (χ0) is 33.9. The number of methoxy groups -OCH3 is 2. The summed E-state index contributed by atoms with van der Waals surface area (Å²) in [6, 6.07) is 42.4. The van der Waals surface area contributed by atoms with Gasteiger partial charge in [-0.15, -0.1) is 0 Å². The topological polar surface area (TPSA) is 96.7 Å². The van der Waals surface area contributed by atoms with Crippen LogP contribution in [0.25, 0.3) is 11.1 Å². The summed E-state index contributed by atoms with van der Waals surface area (Å²) >= 11 is 0. The lowest BCUT2D eigenvalue weighted by Crippen LogP contribution is -2.45. The van der Waals surface area contributed by atoms with Crippen molar-refractivity contribution in [3.8, 4) is 17.6 Å². The van der Waals surface area contributed by atoms with E-state index in [9.17, 15) is 5.26 Å². The smallest absolute Gasteiger partial charge is 0.239 e. The fourth-order valence-corrected chi connectivity index (χ4v) is 8.64. The first-order valence-electron chi connectivity index (χ1n) is 16.0. The van der Waals surface area contributed by atoms with Crippen molar-refractivity contribution in [1.82, 2.24) is 0 Å². The molecule has 3 aliphatic rings. The van der Waals surface area contributed by atoms with E-state index in [1.165, 1.54) is 0 Å². The highest BCUT2D eigenvalue weighted by atomic mass is 16.5. The average Bonchev–Trinajstić information content (AvgIpc) is 3.67. The van der Waals surface area contributed by atoms with Gasteiger partial charge < -0.3 is 9.47 Å². The monoisotopic (exact) mass is 642 g/mol. The third-order valence-corrected chi connectivity index (χ3v) is 10.5. The average molecular weight is 643 g/mol. The van der Waals surface area contributed by atoms with Crippen LogP contribution in [-0.4, -0.2) is 31.8 Å². The number of ether oxygens (including phenoxy) is 2. The van der Waals surface area contributed by atoms with E-state index >= 15 is 14.4 Å². The van der Waals surface area contributed by atoms with Crippen LogP contribution in [-0.2, 0) is 25.2 Å². The van der Waals surface area contributed by atoms with E-state index in [-0.39, 0.29) is 17.0 Å². The van der Waals surface area contributed by atoms with Gasteiger partial charge in [0.1, 0.15) is 17.6 Å². The van der Waals surface area contributed by atoms with Crippen molar-refractivity contribution < 1.29 is 23.9 Å². The van der Waals surface area contributed by atoms with Crippen LogP contribution in [0.1, 0.15) is 27.8 Å². The number of nitrogens with zero attached hydrogens (tertiary/aromatic N) is 2. The molecule has 0 radical (unpaired) electrons. The summed E-state index contributed by atoms with van der Waals surface area (Å²) in [6.45, 7) is 0. The Morgan fingerprint density at radius 1 is 0.571 bits per heavy atom. The molecule has 7 heteroatoms. The predicted octanol–water partition coefficient (Wildman–Crippen LogP) is 6.76. The summed E-state index contributed by atoms with van der Waals surface area (Å²) in [6.07, 6.45) is 0. The van der Waals surface area contributed by atoms with Crippen molar-refractivity contribution in [2.45, 2.75) is 10.8 Å². The van der Waals surface area contributed by atoms with Crippen LogP contribution in [0.4, 0.5) is 5.69 Å². The predicted molar refractivity (Wildman–Crippen MR) is 185 cm³/mol. The van der Waals surface area contributed by atoms with E-state index in [1.807, 2.05) is 109 Å². The lowest BCUT2D eigenvalue weighted by atomic mass is 9.59. The maximum Gasteiger partial charge on any atom is 0.239 e. The number of imide groups is 1. The Labute approximate surface area is 283 Å². The molecule has 0 aromatic heterocycles. The summed E-state index contributed by atoms with van der Waals surface area (Å²) in [5, 5.41) is 10.1. The second kappa shape index (κ2) is 11.2. The molecule has 0 spiro atoms. The summed E-state index contributed by atoms with van der Waals surface area (Å²) in [5.41, 5.74) is 1.33. The van der Waals surface area contributed by atoms with Crippen molar-refractivity contribution in [3.63, 3.8) is 0 Å². The van der Waals surface area contributed by atoms with Crippen LogP contribution in [0.3, 0.4) is 0 Å². The molecule has 5 aromatic rings. The van der Waals surface area contributed by atoms with Gasteiger partial charge in [-0.05, 0) is 69.8 Å². The van der Waals surface area contributed by atoms with Crippen LogP contribution in [0.15, 0.2) is 133 Å². The molecule has 1 saturated carbocycles. The van der Waals surface area contributed by atoms with Crippen molar-refractivity contribution in [2.75, 3.05) is 19.1 Å². The molecule has 2 bridgehead atoms. The Bertz CT molecular complexity index is 2090. The van der Waals surface area contributed by atoms with Gasteiger partial charge in [-0.25, -0.2) is 4.90 Å². The fraction of sp³-hybridized carbons (Fsp3) is 0.143. The highest BCUT2D eigenvalue weighted by molar-refractivity contribution is 6.39. The van der Waals surface area contributed by atoms with Gasteiger partial charge in [0, 0.05) is 0 Å². The van der Waals surface area contributed by atoms with Gasteiger partial charge in [-0.2, -0.15) is 5.26 Å². The van der Waals surface area contributed by atoms with Crippen molar-refractivity contribution in [1.29, 1.82) is 5.26 Å². The number of hydrogen-bond acceptors (Lipinski definition) is 6. The molecular formula is C42H30N2O5. The third kappa shape index (κ3) is 3.86. The minimum atomic E-state index is -1.56. The molecule has 4 atom stereocenters. The van der Waals surface area contributed by atoms with Crippen molar-refractivity contribution in [3.05, 3.63) is 161 Å². The minimum absolute atomic E-state index is 0.198. The van der Waals surface area contributed by atoms with Crippen LogP contribution < -0.4 is 14.4 Å². The number of fused-ring (bicyclic) bond motifs is 5. The van der Waals surface area contributed by atoms with Crippen LogP contribution in [0, 0.1) is 23.2 Å². The third-order valence-electron chi connectivity index (χ3n) is 10.5. The summed E-state index contributed by atoms with van der Waals surface area (Å²) in [5.74, 6) is -2.15. The summed E-state index contributed by atoms with van der Waals surface area (Å²) in [4.78, 5) is 47.5. The number of amides is 2. The molecule has 0 N–H and O–H groups in total. The van der Waals surface area contributed by atoms with Gasteiger partial charge in [0.05, 0.1) is 48.1 Å². The Hall–Kier alpha value is -6.26. The molecule has 1 heterocycles. The second-order valence-corrected chi connectivity index (χ2v) is 12.5. The van der Waals surface area contributed by atoms with Crippen molar-refractivity contribution in [2.24, 2.45) is 11.8 Å². The second-order valence-electron chi connectivity index (χ2n) is 12.5. The van der Waals surface area contributed by atoms with Crippen LogP contribution >= 0.6 is 0 Å². The molecule has 2 aliphatic carbocycles. The fourth-order valence-electron chi connectivity index (χ4n) is 8.64. The maximum atomic E-state index is 16.0. The van der Waals surface area contributed by atoms with Gasteiger partial charge in [-0.1, -0.05) is 97.1 Å². The van der Waals surface area contributed by atoms with E-state index in [1.54, 1.807) is 38.5 Å². The molecule has 8 rings (SSSR count). The van der Waals surface area contributed by atoms with Crippen molar-refractivity contribution >= 4 is 34.4 Å². The first kappa shape index (κ1) is 30.1. The van der Waals surface area contributed by atoms with E-state index in [4.69, 9.17) is 9.47 Å². The number of ketones is 1. The number of rotatable bonds is 7. The molecular weight excluding hydrogens is 612 g/mol. The SMILES string of the molecule is COc1ccc(C2=C(c3ccc(OC)cc3)[C@@]3(c4ccccc4)C(=O)[C@@]2(c2ccccc2)[C@@H]2C(=O)N(c4ccccc4C#N)C(=O)[C@H]23)cc1. The maximum absolute atomic E-state index is 16.0. The molecule has 238 valence electrons. The lowest BCUT2D eigenvalue weighted by Gasteiger charge is -2.39. The van der Waals surface area contributed by atoms with E-state index in [0.29, 0.717) is 33.8 Å². The number of benzene rings is 5. The van der Waals surface area contributed by atoms with Gasteiger partial charge in [0.15, 0.2) is 5.78 Å². The number of Topliss-reactive ketones (excluding diaryl/α,β-unsaturated/α-hetero) is 1. The standard InChI is InChI=1S/C42H30N2O5/c1-48-31-21-17-26(18-22-31)34-35(27-19-23-32(49-2)24-20-27)42(30-14-7-4-8-15-30)37-36(41(34,40(42)47)29-12-5-3-6-13-29)38(45)44(39(37)46)33-16-10-9-11-28(33)25-43/h3-24,36-37H,1-2H3/t36-,37-,41+,42+/m0/s1. The summed E-state index contributed by atoms with van der Waals surface area (Å²) < 4.78 is 11.0. The molecule has 1 aliphatic heterocycles. The highest BCUT2D eigenvalue weighted by Gasteiger charge is 2.82. The molecule has 0 unspecified atom stereocenters. The number of allylic oxidation sites excluding steroid dienone is 2. The molecule has 7 nitrogen and oxygen atoms in total. The molecule has 49 heavy (non-hydrogen) atoms. The molecule has 2 fully saturated rings. The minimum Gasteiger partial charge on any atom is -0.497 e. The van der Waals surface area contributed by atoms with Gasteiger partial charge in [0.25, 0.3) is 0 Å². The number of nitriles is 1. The Morgan fingerprint density at radius 2 is 0.980 bits per heavy atom. The van der Waals surface area contributed by atoms with Gasteiger partial charge >= 0.3 is 0 Å². The van der Waals surface area contributed by atoms with Crippen LogP contribution in [0.5, 0.6) is 11.5 Å². The number of hydrogen-bond donors (Lipinski definition) is 0. The summed E-state index contributed by atoms with van der Waals surface area (Å²) in [7, 11) is 3.18. The number of carbonyl (C=O) groups is 3. The number of carbonyl (C=O) groups excluding carboxylic acids is 3. The number of anilines is 1. The highest BCUT2D eigenvalue weighted by Crippen LogP contribution is 2.74. The zero-order valence-corrected chi connectivity index (χ0v) is 26.8. The van der Waals surface area contributed by atoms with E-state index in [2.05, 4.69) is 6.07 Å². The quantitative estimate of drug-likeness (QED) is 0.182. The van der Waals surface area contributed by atoms with Crippen LogP contribution in [0.2, 0.25) is 0 Å².